The molecule has 19 heavy (non-hydrogen) atoms. The van der Waals surface area contributed by atoms with Crippen LogP contribution in [0.1, 0.15) is 43.0 Å². The summed E-state index contributed by atoms with van der Waals surface area (Å²) in [5.41, 5.74) is 7.73. The van der Waals surface area contributed by atoms with E-state index in [0.717, 1.165) is 25.2 Å². The standard InChI is InChI=1S/C15H23NO2S/c1-11-2-6-17-14(11)13(16)12-3-7-18-15(10-12)4-8-19-9-5-15/h2,6,12-13H,3-5,7-10,16H2,1H3. The Morgan fingerprint density at radius 1 is 1.42 bits per heavy atom. The highest BCUT2D eigenvalue weighted by atomic mass is 32.2. The molecule has 0 aliphatic carbocycles. The lowest BCUT2D eigenvalue weighted by Crippen LogP contribution is -2.45. The van der Waals surface area contributed by atoms with Gasteiger partial charge in [-0.05, 0) is 61.7 Å². The predicted molar refractivity (Wildman–Crippen MR) is 78.3 cm³/mol. The lowest BCUT2D eigenvalue weighted by molar-refractivity contribution is -0.106. The second kappa shape index (κ2) is 5.51. The van der Waals surface area contributed by atoms with Crippen molar-refractivity contribution >= 4 is 11.8 Å². The summed E-state index contributed by atoms with van der Waals surface area (Å²) in [6, 6.07) is 2.02. The number of hydrogen-bond acceptors (Lipinski definition) is 4. The Morgan fingerprint density at radius 2 is 2.21 bits per heavy atom. The number of aryl methyl sites for hydroxylation is 1. The van der Waals surface area contributed by atoms with Crippen LogP contribution in [-0.4, -0.2) is 23.7 Å². The van der Waals surface area contributed by atoms with Crippen molar-refractivity contribution in [2.75, 3.05) is 18.1 Å². The Labute approximate surface area is 119 Å². The molecule has 3 nitrogen and oxygen atoms in total. The molecule has 2 aliphatic rings. The van der Waals surface area contributed by atoms with E-state index in [0.29, 0.717) is 5.92 Å². The van der Waals surface area contributed by atoms with Crippen molar-refractivity contribution in [3.8, 4) is 0 Å². The molecule has 2 saturated heterocycles. The van der Waals surface area contributed by atoms with Crippen LogP contribution >= 0.6 is 11.8 Å². The quantitative estimate of drug-likeness (QED) is 0.903. The molecule has 1 spiro atoms. The van der Waals surface area contributed by atoms with Gasteiger partial charge in [0.2, 0.25) is 0 Å². The largest absolute Gasteiger partial charge is 0.467 e. The molecule has 4 heteroatoms. The molecule has 3 heterocycles. The minimum atomic E-state index is 0.0188. The molecule has 2 atom stereocenters. The van der Waals surface area contributed by atoms with Gasteiger partial charge >= 0.3 is 0 Å². The maximum Gasteiger partial charge on any atom is 0.123 e. The Kier molecular flexibility index (Phi) is 3.92. The van der Waals surface area contributed by atoms with Gasteiger partial charge < -0.3 is 14.9 Å². The third-order valence-corrected chi connectivity index (χ3v) is 5.63. The van der Waals surface area contributed by atoms with Crippen molar-refractivity contribution in [3.63, 3.8) is 0 Å². The van der Waals surface area contributed by atoms with Crippen LogP contribution in [0, 0.1) is 12.8 Å². The lowest BCUT2D eigenvalue weighted by atomic mass is 9.78. The van der Waals surface area contributed by atoms with E-state index < -0.39 is 0 Å². The highest BCUT2D eigenvalue weighted by Gasteiger charge is 2.41. The Balaban J connectivity index is 1.72. The van der Waals surface area contributed by atoms with E-state index in [9.17, 15) is 0 Å². The molecule has 0 saturated carbocycles. The summed E-state index contributed by atoms with van der Waals surface area (Å²) in [5.74, 6) is 3.90. The molecule has 0 radical (unpaired) electrons. The fourth-order valence-corrected chi connectivity index (χ4v) is 4.64. The first-order valence-electron chi connectivity index (χ1n) is 7.21. The van der Waals surface area contributed by atoms with Crippen LogP contribution < -0.4 is 5.73 Å². The minimum Gasteiger partial charge on any atom is -0.467 e. The second-order valence-corrected chi connectivity index (χ2v) is 7.12. The molecule has 106 valence electrons. The van der Waals surface area contributed by atoms with Crippen LogP contribution in [0.3, 0.4) is 0 Å². The van der Waals surface area contributed by atoms with Crippen LogP contribution in [0.5, 0.6) is 0 Å². The van der Waals surface area contributed by atoms with Crippen molar-refractivity contribution in [3.05, 3.63) is 23.7 Å². The normalized spacial score (nSPS) is 28.4. The number of hydrogen-bond donors (Lipinski definition) is 1. The summed E-state index contributed by atoms with van der Waals surface area (Å²) in [7, 11) is 0. The monoisotopic (exact) mass is 281 g/mol. The number of nitrogens with two attached hydrogens (primary N) is 1. The SMILES string of the molecule is Cc1ccoc1C(N)C1CCOC2(CCSCC2)C1. The van der Waals surface area contributed by atoms with E-state index >= 15 is 0 Å². The van der Waals surface area contributed by atoms with Gasteiger partial charge in [0.25, 0.3) is 0 Å². The maximum atomic E-state index is 6.45. The molecule has 3 rings (SSSR count). The number of furan rings is 1. The average molecular weight is 281 g/mol. The van der Waals surface area contributed by atoms with Crippen LogP contribution in [0.4, 0.5) is 0 Å². The number of ether oxygens (including phenoxy) is 1. The fourth-order valence-electron chi connectivity index (χ4n) is 3.40. The third-order valence-electron chi connectivity index (χ3n) is 4.65. The summed E-state index contributed by atoms with van der Waals surface area (Å²) in [5, 5.41) is 0. The molecule has 0 aromatic carbocycles. The molecule has 2 unspecified atom stereocenters. The zero-order chi connectivity index (χ0) is 13.3. The summed E-state index contributed by atoms with van der Waals surface area (Å²) in [4.78, 5) is 0. The summed E-state index contributed by atoms with van der Waals surface area (Å²) < 4.78 is 11.7. The lowest BCUT2D eigenvalue weighted by Gasteiger charge is -2.44. The molecule has 2 fully saturated rings. The van der Waals surface area contributed by atoms with Crippen molar-refractivity contribution in [1.29, 1.82) is 0 Å². The molecule has 1 aromatic rings. The summed E-state index contributed by atoms with van der Waals surface area (Å²) >= 11 is 2.04. The van der Waals surface area contributed by atoms with Gasteiger partial charge in [-0.15, -0.1) is 0 Å². The number of rotatable bonds is 2. The molecule has 0 bridgehead atoms. The first-order valence-corrected chi connectivity index (χ1v) is 8.37. The van der Waals surface area contributed by atoms with Crippen LogP contribution in [-0.2, 0) is 4.74 Å². The van der Waals surface area contributed by atoms with Crippen molar-refractivity contribution < 1.29 is 9.15 Å². The van der Waals surface area contributed by atoms with E-state index in [1.54, 1.807) is 6.26 Å². The van der Waals surface area contributed by atoms with Crippen LogP contribution in [0.25, 0.3) is 0 Å². The highest BCUT2D eigenvalue weighted by Crippen LogP contribution is 2.43. The zero-order valence-electron chi connectivity index (χ0n) is 11.6. The fraction of sp³-hybridized carbons (Fsp3) is 0.733. The van der Waals surface area contributed by atoms with Crippen LogP contribution in [0.2, 0.25) is 0 Å². The molecular formula is C15H23NO2S. The Morgan fingerprint density at radius 3 is 2.89 bits per heavy atom. The van der Waals surface area contributed by atoms with Gasteiger partial charge in [-0.1, -0.05) is 0 Å². The van der Waals surface area contributed by atoms with Gasteiger partial charge in [0.15, 0.2) is 0 Å². The smallest absolute Gasteiger partial charge is 0.123 e. The third kappa shape index (κ3) is 2.71. The van der Waals surface area contributed by atoms with E-state index in [1.165, 1.54) is 29.9 Å². The second-order valence-electron chi connectivity index (χ2n) is 5.89. The van der Waals surface area contributed by atoms with E-state index in [-0.39, 0.29) is 11.6 Å². The van der Waals surface area contributed by atoms with Gasteiger partial charge in [0.1, 0.15) is 5.76 Å². The number of thioether (sulfide) groups is 1. The molecular weight excluding hydrogens is 258 g/mol. The summed E-state index contributed by atoms with van der Waals surface area (Å²) in [6.07, 6.45) is 6.25. The molecule has 0 amide bonds. The summed E-state index contributed by atoms with van der Waals surface area (Å²) in [6.45, 7) is 2.92. The van der Waals surface area contributed by atoms with E-state index in [2.05, 4.69) is 6.92 Å². The minimum absolute atomic E-state index is 0.0188. The molecule has 2 N–H and O–H groups in total. The van der Waals surface area contributed by atoms with Gasteiger partial charge in [-0.25, -0.2) is 0 Å². The van der Waals surface area contributed by atoms with Crippen molar-refractivity contribution in [2.45, 2.75) is 44.2 Å². The Hall–Kier alpha value is -0.450. The van der Waals surface area contributed by atoms with Gasteiger partial charge in [0.05, 0.1) is 17.9 Å². The zero-order valence-corrected chi connectivity index (χ0v) is 12.4. The predicted octanol–water partition coefficient (Wildman–Crippen LogP) is 3.28. The topological polar surface area (TPSA) is 48.4 Å². The first-order chi connectivity index (χ1) is 9.20. The first kappa shape index (κ1) is 13.5. The molecule has 2 aliphatic heterocycles. The Bertz CT molecular complexity index is 420. The van der Waals surface area contributed by atoms with Crippen molar-refractivity contribution in [2.24, 2.45) is 11.7 Å². The van der Waals surface area contributed by atoms with E-state index in [4.69, 9.17) is 14.9 Å². The molecule has 1 aromatic heterocycles. The van der Waals surface area contributed by atoms with Gasteiger partial charge in [-0.2, -0.15) is 11.8 Å². The average Bonchev–Trinajstić information content (AvgIpc) is 2.85. The van der Waals surface area contributed by atoms with Crippen molar-refractivity contribution in [1.82, 2.24) is 0 Å². The van der Waals surface area contributed by atoms with Gasteiger partial charge in [-0.3, -0.25) is 0 Å². The van der Waals surface area contributed by atoms with E-state index in [1.807, 2.05) is 17.8 Å². The van der Waals surface area contributed by atoms with Crippen LogP contribution in [0.15, 0.2) is 16.7 Å². The highest BCUT2D eigenvalue weighted by molar-refractivity contribution is 7.99. The van der Waals surface area contributed by atoms with Gasteiger partial charge in [0, 0.05) is 6.61 Å². The maximum absolute atomic E-state index is 6.45.